The number of nitrogens with two attached hydrogens (primary N) is 1. The lowest BCUT2D eigenvalue weighted by atomic mass is 9.91. The number of benzene rings is 2. The predicted octanol–water partition coefficient (Wildman–Crippen LogP) is 3.54. The largest absolute Gasteiger partial charge is 0.373 e. The first-order valence-electron chi connectivity index (χ1n) is 5.54. The van der Waals surface area contributed by atoms with E-state index < -0.39 is 11.9 Å². The highest BCUT2D eigenvalue weighted by Gasteiger charge is 2.28. The van der Waals surface area contributed by atoms with Crippen molar-refractivity contribution >= 4 is 29.2 Å². The Morgan fingerprint density at radius 3 is 2.11 bits per heavy atom. The topological polar surface area (TPSA) is 52.3 Å². The fourth-order valence-corrected chi connectivity index (χ4v) is 2.54. The van der Waals surface area contributed by atoms with Gasteiger partial charge in [-0.2, -0.15) is 5.90 Å². The average Bonchev–Trinajstić information content (AvgIpc) is 2.43. The summed E-state index contributed by atoms with van der Waals surface area (Å²) >= 11 is 12.3. The summed E-state index contributed by atoms with van der Waals surface area (Å²) in [6.07, 6.45) is 0. The average molecular weight is 296 g/mol. The zero-order valence-electron chi connectivity index (χ0n) is 9.85. The van der Waals surface area contributed by atoms with Crippen LogP contribution in [0.4, 0.5) is 0 Å². The number of hydrogen-bond acceptors (Lipinski definition) is 3. The summed E-state index contributed by atoms with van der Waals surface area (Å²) < 4.78 is 0. The van der Waals surface area contributed by atoms with Crippen LogP contribution in [0.1, 0.15) is 17.0 Å². The van der Waals surface area contributed by atoms with Gasteiger partial charge in [0.05, 0.1) is 0 Å². The molecule has 1 atom stereocenters. The third kappa shape index (κ3) is 2.89. The van der Waals surface area contributed by atoms with Gasteiger partial charge < -0.3 is 4.84 Å². The fraction of sp³-hybridized carbons (Fsp3) is 0.0714. The number of carbonyl (C=O) groups excluding carboxylic acids is 1. The van der Waals surface area contributed by atoms with Gasteiger partial charge in [0.15, 0.2) is 0 Å². The molecule has 2 aromatic rings. The SMILES string of the molecule is NOC(=O)C(c1ccccc1)c1c(Cl)cccc1Cl. The van der Waals surface area contributed by atoms with Crippen LogP contribution in [0.3, 0.4) is 0 Å². The Hall–Kier alpha value is -1.55. The molecule has 3 nitrogen and oxygen atoms in total. The predicted molar refractivity (Wildman–Crippen MR) is 75.0 cm³/mol. The summed E-state index contributed by atoms with van der Waals surface area (Å²) in [5.41, 5.74) is 1.21. The van der Waals surface area contributed by atoms with Gasteiger partial charge in [-0.15, -0.1) is 0 Å². The summed E-state index contributed by atoms with van der Waals surface area (Å²) in [4.78, 5) is 16.3. The third-order valence-corrected chi connectivity index (χ3v) is 3.43. The lowest BCUT2D eigenvalue weighted by Gasteiger charge is -2.17. The number of halogens is 2. The first-order chi connectivity index (χ1) is 9.15. The van der Waals surface area contributed by atoms with E-state index in [4.69, 9.17) is 29.1 Å². The van der Waals surface area contributed by atoms with E-state index in [1.807, 2.05) is 18.2 Å². The number of carbonyl (C=O) groups is 1. The fourth-order valence-electron chi connectivity index (χ4n) is 1.92. The summed E-state index contributed by atoms with van der Waals surface area (Å²) in [6.45, 7) is 0. The van der Waals surface area contributed by atoms with Crippen molar-refractivity contribution in [1.82, 2.24) is 0 Å². The van der Waals surface area contributed by atoms with Crippen LogP contribution in [0, 0.1) is 0 Å². The maximum Gasteiger partial charge on any atom is 0.336 e. The summed E-state index contributed by atoms with van der Waals surface area (Å²) in [5, 5.41) is 0.790. The molecule has 0 amide bonds. The second-order valence-electron chi connectivity index (χ2n) is 3.92. The summed E-state index contributed by atoms with van der Waals surface area (Å²) in [5.74, 6) is 3.66. The van der Waals surface area contributed by atoms with Gasteiger partial charge in [-0.3, -0.25) is 0 Å². The van der Waals surface area contributed by atoms with Crippen LogP contribution < -0.4 is 5.90 Å². The van der Waals surface area contributed by atoms with Crippen LogP contribution in [0.15, 0.2) is 48.5 Å². The molecule has 0 aliphatic carbocycles. The van der Waals surface area contributed by atoms with Crippen molar-refractivity contribution in [3.63, 3.8) is 0 Å². The van der Waals surface area contributed by atoms with E-state index >= 15 is 0 Å². The van der Waals surface area contributed by atoms with Crippen LogP contribution in [-0.4, -0.2) is 5.97 Å². The van der Waals surface area contributed by atoms with Gasteiger partial charge in [0, 0.05) is 15.6 Å². The van der Waals surface area contributed by atoms with Crippen molar-refractivity contribution in [1.29, 1.82) is 0 Å². The molecule has 0 saturated heterocycles. The molecule has 2 rings (SSSR count). The van der Waals surface area contributed by atoms with E-state index in [0.717, 1.165) is 0 Å². The molecule has 0 fully saturated rings. The van der Waals surface area contributed by atoms with Crippen molar-refractivity contribution in [2.75, 3.05) is 0 Å². The Bertz CT molecular complexity index is 567. The van der Waals surface area contributed by atoms with E-state index in [-0.39, 0.29) is 0 Å². The quantitative estimate of drug-likeness (QED) is 0.881. The highest BCUT2D eigenvalue weighted by Crippen LogP contribution is 2.36. The van der Waals surface area contributed by atoms with Crippen molar-refractivity contribution in [3.8, 4) is 0 Å². The first-order valence-corrected chi connectivity index (χ1v) is 6.30. The molecule has 5 heteroatoms. The molecule has 0 radical (unpaired) electrons. The van der Waals surface area contributed by atoms with E-state index in [9.17, 15) is 4.79 Å². The molecule has 2 N–H and O–H groups in total. The minimum Gasteiger partial charge on any atom is -0.373 e. The van der Waals surface area contributed by atoms with Crippen molar-refractivity contribution < 1.29 is 9.63 Å². The highest BCUT2D eigenvalue weighted by molar-refractivity contribution is 6.36. The Kier molecular flexibility index (Phi) is 4.43. The van der Waals surface area contributed by atoms with Gasteiger partial charge in [0.2, 0.25) is 0 Å². The molecule has 0 aliphatic heterocycles. The van der Waals surface area contributed by atoms with E-state index in [1.165, 1.54) is 0 Å². The van der Waals surface area contributed by atoms with Crippen molar-refractivity contribution in [2.45, 2.75) is 5.92 Å². The van der Waals surface area contributed by atoms with Gasteiger partial charge in [0.1, 0.15) is 5.92 Å². The monoisotopic (exact) mass is 295 g/mol. The van der Waals surface area contributed by atoms with Gasteiger partial charge >= 0.3 is 5.97 Å². The molecule has 1 unspecified atom stereocenters. The third-order valence-electron chi connectivity index (χ3n) is 2.77. The van der Waals surface area contributed by atoms with Crippen molar-refractivity contribution in [3.05, 3.63) is 69.7 Å². The standard InChI is InChI=1S/C14H11Cl2NO2/c15-10-7-4-8-11(16)13(10)12(14(18)19-17)9-5-2-1-3-6-9/h1-8,12H,17H2. The molecule has 0 saturated carbocycles. The normalized spacial score (nSPS) is 11.9. The maximum atomic E-state index is 12.0. The van der Waals surface area contributed by atoms with E-state index in [0.29, 0.717) is 21.2 Å². The summed E-state index contributed by atoms with van der Waals surface area (Å²) in [7, 11) is 0. The molecule has 0 bridgehead atoms. The van der Waals surface area contributed by atoms with Crippen LogP contribution in [0.25, 0.3) is 0 Å². The molecular weight excluding hydrogens is 285 g/mol. The van der Waals surface area contributed by atoms with Gasteiger partial charge in [0.25, 0.3) is 0 Å². The second-order valence-corrected chi connectivity index (χ2v) is 4.73. The Morgan fingerprint density at radius 1 is 1.00 bits per heavy atom. The van der Waals surface area contributed by atoms with E-state index in [1.54, 1.807) is 30.3 Å². The number of rotatable bonds is 3. The van der Waals surface area contributed by atoms with Crippen LogP contribution >= 0.6 is 23.2 Å². The smallest absolute Gasteiger partial charge is 0.336 e. The molecular formula is C14H11Cl2NO2. The number of hydrogen-bond donors (Lipinski definition) is 1. The van der Waals surface area contributed by atoms with Crippen LogP contribution in [0.5, 0.6) is 0 Å². The Balaban J connectivity index is 2.59. The second kappa shape index (κ2) is 6.06. The van der Waals surface area contributed by atoms with Gasteiger partial charge in [-0.05, 0) is 17.7 Å². The van der Waals surface area contributed by atoms with E-state index in [2.05, 4.69) is 4.84 Å². The van der Waals surface area contributed by atoms with Crippen molar-refractivity contribution in [2.24, 2.45) is 5.90 Å². The molecule has 0 aliphatic rings. The minimum atomic E-state index is -0.743. The lowest BCUT2D eigenvalue weighted by molar-refractivity contribution is -0.144. The molecule has 98 valence electrons. The Labute approximate surface area is 120 Å². The molecule has 0 heterocycles. The van der Waals surface area contributed by atoms with Gasteiger partial charge in [-0.25, -0.2) is 4.79 Å². The zero-order valence-corrected chi connectivity index (χ0v) is 11.4. The highest BCUT2D eigenvalue weighted by atomic mass is 35.5. The molecule has 0 spiro atoms. The minimum absolute atomic E-state index is 0.395. The molecule has 19 heavy (non-hydrogen) atoms. The lowest BCUT2D eigenvalue weighted by Crippen LogP contribution is -2.21. The maximum absolute atomic E-state index is 12.0. The zero-order chi connectivity index (χ0) is 13.8. The summed E-state index contributed by atoms with van der Waals surface area (Å²) in [6, 6.07) is 14.1. The van der Waals surface area contributed by atoms with Crippen LogP contribution in [-0.2, 0) is 9.63 Å². The molecule has 0 aromatic heterocycles. The molecule has 2 aromatic carbocycles. The first kappa shape index (κ1) is 13.9. The Morgan fingerprint density at radius 2 is 1.58 bits per heavy atom. The van der Waals surface area contributed by atoms with Crippen LogP contribution in [0.2, 0.25) is 10.0 Å². The van der Waals surface area contributed by atoms with Gasteiger partial charge in [-0.1, -0.05) is 59.6 Å².